The lowest BCUT2D eigenvalue weighted by Crippen LogP contribution is -2.31. The number of hydrogen-bond acceptors (Lipinski definition) is 5. The second kappa shape index (κ2) is 7.05. The number of ether oxygens (including phenoxy) is 1. The fourth-order valence-electron chi connectivity index (χ4n) is 3.38. The first kappa shape index (κ1) is 17.0. The van der Waals surface area contributed by atoms with Crippen molar-refractivity contribution in [3.8, 4) is 0 Å². The zero-order valence-corrected chi connectivity index (χ0v) is 15.1. The molecule has 4 rings (SSSR count). The summed E-state index contributed by atoms with van der Waals surface area (Å²) in [6, 6.07) is 1.74. The molecule has 1 aliphatic carbocycles. The van der Waals surface area contributed by atoms with Gasteiger partial charge in [0.2, 0.25) is 0 Å². The lowest BCUT2D eigenvalue weighted by molar-refractivity contribution is -0.142. The van der Waals surface area contributed by atoms with E-state index in [1.54, 1.807) is 6.07 Å². The number of esters is 1. The molecule has 1 saturated carbocycles. The molecule has 0 aromatic carbocycles. The third kappa shape index (κ3) is 3.57. The van der Waals surface area contributed by atoms with Gasteiger partial charge in [0.05, 0.1) is 12.2 Å². The van der Waals surface area contributed by atoms with E-state index in [4.69, 9.17) is 9.72 Å². The molecule has 0 unspecified atom stereocenters. The molecular weight excluding hydrogens is 332 g/mol. The maximum absolute atomic E-state index is 12.7. The molecule has 1 aliphatic heterocycles. The molecule has 2 aromatic rings. The van der Waals surface area contributed by atoms with Crippen LogP contribution < -0.4 is 5.32 Å². The number of rotatable bonds is 5. The molecule has 0 spiro atoms. The summed E-state index contributed by atoms with van der Waals surface area (Å²) in [7, 11) is 0. The molecule has 3 heterocycles. The SMILES string of the molecule is Cc1cc(C(=O)NCC(=O)OCC2CC2)c2nc3n(c2n1)CCCCC3. The molecule has 2 aliphatic rings. The van der Waals surface area contributed by atoms with Gasteiger partial charge >= 0.3 is 5.97 Å². The summed E-state index contributed by atoms with van der Waals surface area (Å²) in [4.78, 5) is 33.7. The fraction of sp³-hybridized carbons (Fsp3) is 0.579. The average molecular weight is 356 g/mol. The van der Waals surface area contributed by atoms with Crippen molar-refractivity contribution in [2.45, 2.75) is 52.0 Å². The minimum absolute atomic E-state index is 0.123. The Hall–Kier alpha value is -2.44. The van der Waals surface area contributed by atoms with E-state index in [-0.39, 0.29) is 12.5 Å². The minimum atomic E-state index is -0.395. The molecule has 0 atom stereocenters. The second-order valence-electron chi connectivity index (χ2n) is 7.28. The Morgan fingerprint density at radius 1 is 1.27 bits per heavy atom. The van der Waals surface area contributed by atoms with E-state index in [1.165, 1.54) is 6.42 Å². The van der Waals surface area contributed by atoms with Crippen LogP contribution in [0.25, 0.3) is 11.2 Å². The standard InChI is InChI=1S/C19H24N4O3/c1-12-9-14(19(25)20-10-16(24)26-11-13-6-7-13)17-18(21-12)23-8-4-2-3-5-15(23)22-17/h9,13H,2-8,10-11H2,1H3,(H,20,25). The molecule has 7 nitrogen and oxygen atoms in total. The summed E-state index contributed by atoms with van der Waals surface area (Å²) in [5.74, 6) is 0.802. The van der Waals surface area contributed by atoms with E-state index in [2.05, 4.69) is 14.9 Å². The van der Waals surface area contributed by atoms with Gasteiger partial charge in [-0.3, -0.25) is 9.59 Å². The van der Waals surface area contributed by atoms with Crippen molar-refractivity contribution in [1.29, 1.82) is 0 Å². The number of carbonyl (C=O) groups is 2. The number of hydrogen-bond donors (Lipinski definition) is 1. The molecule has 0 saturated heterocycles. The number of carbonyl (C=O) groups excluding carboxylic acids is 2. The van der Waals surface area contributed by atoms with Crippen molar-refractivity contribution in [2.75, 3.05) is 13.2 Å². The minimum Gasteiger partial charge on any atom is -0.464 e. The van der Waals surface area contributed by atoms with Crippen LogP contribution in [0.1, 0.15) is 54.0 Å². The van der Waals surface area contributed by atoms with Crippen LogP contribution in [-0.4, -0.2) is 39.6 Å². The molecule has 0 radical (unpaired) electrons. The van der Waals surface area contributed by atoms with Crippen molar-refractivity contribution in [3.63, 3.8) is 0 Å². The third-order valence-electron chi connectivity index (χ3n) is 5.01. The highest BCUT2D eigenvalue weighted by Gasteiger charge is 2.24. The number of imidazole rings is 1. The van der Waals surface area contributed by atoms with Gasteiger partial charge in [0.25, 0.3) is 5.91 Å². The van der Waals surface area contributed by atoms with Crippen LogP contribution in [0.4, 0.5) is 0 Å². The molecule has 1 fully saturated rings. The van der Waals surface area contributed by atoms with Gasteiger partial charge in [0, 0.05) is 18.7 Å². The fourth-order valence-corrected chi connectivity index (χ4v) is 3.38. The Labute approximate surface area is 152 Å². The van der Waals surface area contributed by atoms with Crippen molar-refractivity contribution < 1.29 is 14.3 Å². The number of pyridine rings is 1. The van der Waals surface area contributed by atoms with E-state index >= 15 is 0 Å². The summed E-state index contributed by atoms with van der Waals surface area (Å²) in [6.07, 6.45) is 6.55. The van der Waals surface area contributed by atoms with Gasteiger partial charge in [-0.1, -0.05) is 6.42 Å². The summed E-state index contributed by atoms with van der Waals surface area (Å²) in [5, 5.41) is 2.66. The highest BCUT2D eigenvalue weighted by Crippen LogP contribution is 2.28. The molecule has 138 valence electrons. The first-order valence-corrected chi connectivity index (χ1v) is 9.42. The Kier molecular flexibility index (Phi) is 4.61. The number of nitrogens with one attached hydrogen (secondary N) is 1. The monoisotopic (exact) mass is 356 g/mol. The summed E-state index contributed by atoms with van der Waals surface area (Å²) in [6.45, 7) is 3.09. The molecule has 0 bridgehead atoms. The maximum Gasteiger partial charge on any atom is 0.325 e. The normalized spacial score (nSPS) is 16.8. The van der Waals surface area contributed by atoms with E-state index in [1.807, 2.05) is 6.92 Å². The third-order valence-corrected chi connectivity index (χ3v) is 5.01. The zero-order valence-electron chi connectivity index (χ0n) is 15.1. The number of amides is 1. The van der Waals surface area contributed by atoms with Gasteiger partial charge in [-0.2, -0.15) is 0 Å². The van der Waals surface area contributed by atoms with E-state index in [0.717, 1.165) is 55.8 Å². The Morgan fingerprint density at radius 2 is 2.12 bits per heavy atom. The Morgan fingerprint density at radius 3 is 2.92 bits per heavy atom. The van der Waals surface area contributed by atoms with E-state index in [9.17, 15) is 9.59 Å². The van der Waals surface area contributed by atoms with Crippen molar-refractivity contribution in [2.24, 2.45) is 5.92 Å². The van der Waals surface area contributed by atoms with Gasteiger partial charge in [0.15, 0.2) is 5.65 Å². The lowest BCUT2D eigenvalue weighted by Gasteiger charge is -2.08. The first-order chi connectivity index (χ1) is 12.6. The van der Waals surface area contributed by atoms with E-state index in [0.29, 0.717) is 23.6 Å². The average Bonchev–Trinajstić information content (AvgIpc) is 3.42. The van der Waals surface area contributed by atoms with Crippen molar-refractivity contribution >= 4 is 23.0 Å². The summed E-state index contributed by atoms with van der Waals surface area (Å²) in [5.41, 5.74) is 2.63. The van der Waals surface area contributed by atoms with Gasteiger partial charge in [-0.15, -0.1) is 0 Å². The first-order valence-electron chi connectivity index (χ1n) is 9.42. The molecule has 26 heavy (non-hydrogen) atoms. The molecule has 1 amide bonds. The molecule has 2 aromatic heterocycles. The van der Waals surface area contributed by atoms with Gasteiger partial charge in [-0.25, -0.2) is 9.97 Å². The quantitative estimate of drug-likeness (QED) is 0.830. The van der Waals surface area contributed by atoms with Crippen LogP contribution in [0.2, 0.25) is 0 Å². The topological polar surface area (TPSA) is 86.1 Å². The number of nitrogens with zero attached hydrogens (tertiary/aromatic N) is 3. The van der Waals surface area contributed by atoms with Crippen molar-refractivity contribution in [3.05, 3.63) is 23.1 Å². The van der Waals surface area contributed by atoms with Crippen LogP contribution in [0.3, 0.4) is 0 Å². The van der Waals surface area contributed by atoms with Crippen LogP contribution in [0.15, 0.2) is 6.07 Å². The summed E-state index contributed by atoms with van der Waals surface area (Å²) < 4.78 is 7.29. The second-order valence-corrected chi connectivity index (χ2v) is 7.28. The molecule has 7 heteroatoms. The van der Waals surface area contributed by atoms with E-state index < -0.39 is 5.97 Å². The number of fused-ring (bicyclic) bond motifs is 3. The Balaban J connectivity index is 1.53. The lowest BCUT2D eigenvalue weighted by atomic mass is 10.2. The number of aryl methyl sites for hydroxylation is 3. The van der Waals surface area contributed by atoms with Gasteiger partial charge in [0.1, 0.15) is 17.9 Å². The van der Waals surface area contributed by atoms with Gasteiger partial charge in [-0.05, 0) is 44.6 Å². The predicted molar refractivity (Wildman–Crippen MR) is 95.8 cm³/mol. The zero-order chi connectivity index (χ0) is 18.1. The van der Waals surface area contributed by atoms with Crippen LogP contribution >= 0.6 is 0 Å². The van der Waals surface area contributed by atoms with Crippen LogP contribution in [0.5, 0.6) is 0 Å². The van der Waals surface area contributed by atoms with Crippen LogP contribution in [-0.2, 0) is 22.5 Å². The summed E-state index contributed by atoms with van der Waals surface area (Å²) >= 11 is 0. The smallest absolute Gasteiger partial charge is 0.325 e. The molecular formula is C19H24N4O3. The predicted octanol–water partition coefficient (Wildman–Crippen LogP) is 2.15. The largest absolute Gasteiger partial charge is 0.464 e. The Bertz CT molecular complexity index is 854. The van der Waals surface area contributed by atoms with Crippen molar-refractivity contribution in [1.82, 2.24) is 19.9 Å². The highest BCUT2D eigenvalue weighted by molar-refractivity contribution is 6.05. The highest BCUT2D eigenvalue weighted by atomic mass is 16.5. The number of aromatic nitrogens is 3. The maximum atomic E-state index is 12.7. The molecule has 1 N–H and O–H groups in total. The van der Waals surface area contributed by atoms with Crippen LogP contribution in [0, 0.1) is 12.8 Å². The van der Waals surface area contributed by atoms with Gasteiger partial charge < -0.3 is 14.6 Å².